The summed E-state index contributed by atoms with van der Waals surface area (Å²) >= 11 is 0. The number of amides is 1. The average Bonchev–Trinajstić information content (AvgIpc) is 3.45. The van der Waals surface area contributed by atoms with Gasteiger partial charge in [-0.3, -0.25) is 4.79 Å². The fraction of sp³-hybridized carbons (Fsp3) is 0.682. The number of hydrogen-bond acceptors (Lipinski definition) is 5. The summed E-state index contributed by atoms with van der Waals surface area (Å²) in [6.07, 6.45) is 4.25. The molecule has 0 aromatic heterocycles. The van der Waals surface area contributed by atoms with Crippen molar-refractivity contribution in [2.75, 3.05) is 19.7 Å². The molecule has 0 aromatic rings. The Morgan fingerprint density at radius 3 is 2.58 bits per heavy atom. The number of ether oxygens (including phenoxy) is 1. The lowest BCUT2D eigenvalue weighted by Crippen LogP contribution is -2.61. The van der Waals surface area contributed by atoms with Crippen molar-refractivity contribution in [2.45, 2.75) is 64.0 Å². The molecular weight excluding hydrogens is 408 g/mol. The number of nitrogens with zero attached hydrogens (tertiary/aromatic N) is 2. The maximum absolute atomic E-state index is 13.5. The van der Waals surface area contributed by atoms with Crippen LogP contribution in [0, 0.1) is 11.8 Å². The second kappa shape index (κ2) is 9.46. The van der Waals surface area contributed by atoms with Crippen LogP contribution in [0.4, 0.5) is 8.78 Å². The summed E-state index contributed by atoms with van der Waals surface area (Å²) < 4.78 is 33.0. The number of halogens is 2. The molecule has 1 saturated heterocycles. The van der Waals surface area contributed by atoms with E-state index in [1.165, 1.54) is 11.1 Å². The van der Waals surface area contributed by atoms with E-state index in [1.54, 1.807) is 0 Å². The Hall–Kier alpha value is -2.29. The number of carbonyl (C=O) groups is 2. The van der Waals surface area contributed by atoms with E-state index >= 15 is 0 Å². The van der Waals surface area contributed by atoms with Gasteiger partial charge in [0.15, 0.2) is 0 Å². The van der Waals surface area contributed by atoms with Gasteiger partial charge < -0.3 is 20.1 Å². The number of aliphatic carboxylic acids is 1. The Morgan fingerprint density at radius 2 is 2.03 bits per heavy atom. The molecule has 1 saturated carbocycles. The number of likely N-dealkylation sites (tertiary alicyclic amines) is 1. The number of alkyl halides is 2. The number of carboxylic acid groups (broad SMARTS) is 1. The van der Waals surface area contributed by atoms with Crippen LogP contribution in [-0.2, 0) is 14.3 Å². The molecule has 172 valence electrons. The fourth-order valence-electron chi connectivity index (χ4n) is 3.68. The molecular formula is C22H31F2N3O4. The first-order chi connectivity index (χ1) is 14.6. The van der Waals surface area contributed by atoms with Crippen LogP contribution in [0.1, 0.15) is 46.0 Å². The molecule has 3 rings (SSSR count). The highest BCUT2D eigenvalue weighted by atomic mass is 19.3. The molecule has 2 fully saturated rings. The summed E-state index contributed by atoms with van der Waals surface area (Å²) in [4.78, 5) is 30.2. The minimum atomic E-state index is -2.76. The van der Waals surface area contributed by atoms with Crippen LogP contribution >= 0.6 is 0 Å². The number of carboxylic acids is 1. The number of aliphatic imine (C=N–C) groups is 1. The molecule has 2 heterocycles. The fourth-order valence-corrected chi connectivity index (χ4v) is 3.68. The van der Waals surface area contributed by atoms with Crippen molar-refractivity contribution in [1.29, 1.82) is 0 Å². The van der Waals surface area contributed by atoms with Gasteiger partial charge in [-0.05, 0) is 49.5 Å². The number of amidine groups is 1. The molecule has 2 N–H and O–H groups in total. The predicted octanol–water partition coefficient (Wildman–Crippen LogP) is 2.98. The molecule has 0 bridgehead atoms. The summed E-state index contributed by atoms with van der Waals surface area (Å²) in [6, 6.07) is -1.03. The highest BCUT2D eigenvalue weighted by molar-refractivity contribution is 6.00. The first-order valence-electron chi connectivity index (χ1n) is 10.8. The largest absolute Gasteiger partial charge is 0.480 e. The Balaban J connectivity index is 1.79. The molecule has 2 aliphatic heterocycles. The van der Waals surface area contributed by atoms with Crippen molar-refractivity contribution < 1.29 is 28.2 Å². The van der Waals surface area contributed by atoms with Gasteiger partial charge in [-0.1, -0.05) is 20.4 Å². The highest BCUT2D eigenvalue weighted by Crippen LogP contribution is 2.33. The van der Waals surface area contributed by atoms with E-state index in [9.17, 15) is 23.5 Å². The van der Waals surface area contributed by atoms with E-state index in [1.807, 2.05) is 13.8 Å². The molecule has 31 heavy (non-hydrogen) atoms. The van der Waals surface area contributed by atoms with Crippen LogP contribution < -0.4 is 5.32 Å². The van der Waals surface area contributed by atoms with Gasteiger partial charge in [-0.25, -0.2) is 18.6 Å². The quantitative estimate of drug-likeness (QED) is 0.607. The topological polar surface area (TPSA) is 91.2 Å². The SMILES string of the molecule is C=C1CCC(OCC2CC2)C(N2CC(F)(F)C2)=NC=C1C(=O)NC(CC(C)C)C(=O)O. The first kappa shape index (κ1) is 23.4. The highest BCUT2D eigenvalue weighted by Gasteiger charge is 2.47. The van der Waals surface area contributed by atoms with Crippen molar-refractivity contribution in [3.8, 4) is 0 Å². The normalized spacial score (nSPS) is 24.5. The molecule has 2 unspecified atom stereocenters. The monoisotopic (exact) mass is 439 g/mol. The molecule has 3 aliphatic rings. The van der Waals surface area contributed by atoms with Gasteiger partial charge in [0.2, 0.25) is 0 Å². The zero-order valence-corrected chi connectivity index (χ0v) is 18.1. The number of carbonyl (C=O) groups excluding carboxylic acids is 1. The van der Waals surface area contributed by atoms with Gasteiger partial charge >= 0.3 is 5.97 Å². The lowest BCUT2D eigenvalue weighted by Gasteiger charge is -2.43. The minimum Gasteiger partial charge on any atom is -0.480 e. The smallest absolute Gasteiger partial charge is 0.326 e. The maximum atomic E-state index is 13.5. The Bertz CT molecular complexity index is 782. The first-order valence-corrected chi connectivity index (χ1v) is 10.8. The van der Waals surface area contributed by atoms with Gasteiger partial charge in [-0.15, -0.1) is 0 Å². The summed E-state index contributed by atoms with van der Waals surface area (Å²) in [5.41, 5.74) is 0.684. The van der Waals surface area contributed by atoms with Crippen molar-refractivity contribution in [3.63, 3.8) is 0 Å². The van der Waals surface area contributed by atoms with Crippen LogP contribution in [-0.4, -0.2) is 65.5 Å². The molecule has 9 heteroatoms. The van der Waals surface area contributed by atoms with Crippen LogP contribution in [0.2, 0.25) is 0 Å². The van der Waals surface area contributed by atoms with Gasteiger partial charge in [0.25, 0.3) is 11.8 Å². The molecule has 0 aromatic carbocycles. The Labute approximate surface area is 181 Å². The van der Waals surface area contributed by atoms with E-state index in [4.69, 9.17) is 4.74 Å². The molecule has 0 spiro atoms. The zero-order valence-electron chi connectivity index (χ0n) is 18.1. The molecule has 1 aliphatic carbocycles. The Morgan fingerprint density at radius 1 is 1.35 bits per heavy atom. The second-order valence-electron chi connectivity index (χ2n) is 9.14. The number of rotatable bonds is 8. The third-order valence-electron chi connectivity index (χ3n) is 5.66. The van der Waals surface area contributed by atoms with Crippen LogP contribution in [0.3, 0.4) is 0 Å². The van der Waals surface area contributed by atoms with Gasteiger partial charge in [0, 0.05) is 6.20 Å². The Kier molecular flexibility index (Phi) is 7.13. The maximum Gasteiger partial charge on any atom is 0.326 e. The minimum absolute atomic E-state index is 0.0815. The van der Waals surface area contributed by atoms with Crippen molar-refractivity contribution in [3.05, 3.63) is 23.9 Å². The third kappa shape index (κ3) is 6.35. The van der Waals surface area contributed by atoms with E-state index in [-0.39, 0.29) is 17.9 Å². The van der Waals surface area contributed by atoms with E-state index in [0.29, 0.717) is 36.8 Å². The number of nitrogens with one attached hydrogen (secondary N) is 1. The van der Waals surface area contributed by atoms with Gasteiger partial charge in [0.05, 0.1) is 25.3 Å². The summed E-state index contributed by atoms with van der Waals surface area (Å²) in [5, 5.41) is 11.9. The molecule has 1 amide bonds. The van der Waals surface area contributed by atoms with Crippen molar-refractivity contribution in [1.82, 2.24) is 10.2 Å². The van der Waals surface area contributed by atoms with Gasteiger partial charge in [-0.2, -0.15) is 0 Å². The standard InChI is InChI=1S/C22H31F2N3O4/c1-13(2)8-17(21(29)30)26-20(28)16-9-25-19(27-11-22(23,24)12-27)18(7-4-14(16)3)31-10-15-5-6-15/h9,13,15,17-18H,3-8,10-12H2,1-2H3,(H,26,28)(H,29,30). The van der Waals surface area contributed by atoms with Crippen LogP contribution in [0.25, 0.3) is 0 Å². The average molecular weight is 440 g/mol. The second-order valence-corrected chi connectivity index (χ2v) is 9.14. The third-order valence-corrected chi connectivity index (χ3v) is 5.66. The summed E-state index contributed by atoms with van der Waals surface area (Å²) in [7, 11) is 0. The lowest BCUT2D eigenvalue weighted by atomic mass is 9.97. The van der Waals surface area contributed by atoms with E-state index in [2.05, 4.69) is 16.9 Å². The van der Waals surface area contributed by atoms with Crippen molar-refractivity contribution >= 4 is 17.7 Å². The number of hydrogen-bond donors (Lipinski definition) is 2. The van der Waals surface area contributed by atoms with Crippen LogP contribution in [0.15, 0.2) is 28.9 Å². The van der Waals surface area contributed by atoms with E-state index in [0.717, 1.165) is 12.8 Å². The van der Waals surface area contributed by atoms with Gasteiger partial charge in [0.1, 0.15) is 18.0 Å². The lowest BCUT2D eigenvalue weighted by molar-refractivity contribution is -0.141. The van der Waals surface area contributed by atoms with E-state index < -0.39 is 43.0 Å². The zero-order chi connectivity index (χ0) is 22.8. The molecule has 7 nitrogen and oxygen atoms in total. The molecule has 0 radical (unpaired) electrons. The van der Waals surface area contributed by atoms with Crippen LogP contribution in [0.5, 0.6) is 0 Å². The summed E-state index contributed by atoms with van der Waals surface area (Å²) in [5.74, 6) is -3.46. The molecule has 2 atom stereocenters. The summed E-state index contributed by atoms with van der Waals surface area (Å²) in [6.45, 7) is 7.41. The van der Waals surface area contributed by atoms with Crippen molar-refractivity contribution in [2.24, 2.45) is 16.8 Å². The predicted molar refractivity (Wildman–Crippen MR) is 112 cm³/mol.